The summed E-state index contributed by atoms with van der Waals surface area (Å²) < 4.78 is 0. The highest BCUT2D eigenvalue weighted by Crippen LogP contribution is 2.39. The summed E-state index contributed by atoms with van der Waals surface area (Å²) in [7, 11) is 0. The van der Waals surface area contributed by atoms with Crippen molar-refractivity contribution in [3.05, 3.63) is 72.3 Å². The van der Waals surface area contributed by atoms with Crippen LogP contribution in [-0.2, 0) is 5.41 Å². The van der Waals surface area contributed by atoms with Crippen LogP contribution in [0.25, 0.3) is 11.1 Å². The molecule has 0 heterocycles. The Balaban J connectivity index is 2.36. The Morgan fingerprint density at radius 1 is 0.960 bits per heavy atom. The van der Waals surface area contributed by atoms with Crippen LogP contribution in [0.5, 0.6) is 0 Å². The van der Waals surface area contributed by atoms with E-state index in [1.807, 2.05) is 24.3 Å². The second-order valence-corrected chi connectivity index (χ2v) is 6.88. The maximum absolute atomic E-state index is 9.10. The maximum Gasteiger partial charge on any atom is 0.0991 e. The fourth-order valence-electron chi connectivity index (χ4n) is 3.93. The van der Waals surface area contributed by atoms with Gasteiger partial charge in [-0.15, -0.1) is 6.58 Å². The molecule has 130 valence electrons. The number of allylic oxidation sites excluding steroid dienone is 1. The Morgan fingerprint density at radius 3 is 2.20 bits per heavy atom. The zero-order valence-electron chi connectivity index (χ0n) is 15.6. The van der Waals surface area contributed by atoms with Crippen LogP contribution in [0.1, 0.15) is 63.5 Å². The summed E-state index contributed by atoms with van der Waals surface area (Å²) >= 11 is 0. The summed E-state index contributed by atoms with van der Waals surface area (Å²) in [6.07, 6.45) is 9.11. The second-order valence-electron chi connectivity index (χ2n) is 6.88. The van der Waals surface area contributed by atoms with Gasteiger partial charge in [0.25, 0.3) is 0 Å². The van der Waals surface area contributed by atoms with E-state index in [1.54, 1.807) is 0 Å². The van der Waals surface area contributed by atoms with E-state index in [-0.39, 0.29) is 5.41 Å². The van der Waals surface area contributed by atoms with Gasteiger partial charge in [-0.05, 0) is 59.9 Å². The van der Waals surface area contributed by atoms with Gasteiger partial charge in [-0.2, -0.15) is 5.26 Å². The topological polar surface area (TPSA) is 23.8 Å². The molecule has 0 unspecified atom stereocenters. The number of nitrogens with zero attached hydrogens (tertiary/aromatic N) is 1. The number of nitriles is 1. The highest BCUT2D eigenvalue weighted by atomic mass is 14.3. The molecule has 1 heteroatoms. The average molecular weight is 332 g/mol. The lowest BCUT2D eigenvalue weighted by Crippen LogP contribution is -2.26. The Morgan fingerprint density at radius 2 is 1.64 bits per heavy atom. The normalized spacial score (nSPS) is 11.1. The van der Waals surface area contributed by atoms with E-state index in [4.69, 9.17) is 5.26 Å². The molecule has 25 heavy (non-hydrogen) atoms. The van der Waals surface area contributed by atoms with Gasteiger partial charge in [-0.25, -0.2) is 0 Å². The van der Waals surface area contributed by atoms with Gasteiger partial charge >= 0.3 is 0 Å². The van der Waals surface area contributed by atoms with Crippen LogP contribution in [0.4, 0.5) is 0 Å². The maximum atomic E-state index is 9.10. The standard InChI is InChI=1S/C24H29N/c1-4-7-17-24(15-5-2,16-6-3)23-13-11-21(12-14-23)22-10-8-9-20(18-22)19-25/h4,8-14,18H,1,5-7,15-17H2,2-3H3. The smallest absolute Gasteiger partial charge is 0.0991 e. The number of benzene rings is 2. The summed E-state index contributed by atoms with van der Waals surface area (Å²) in [4.78, 5) is 0. The number of rotatable bonds is 9. The largest absolute Gasteiger partial charge is 0.192 e. The summed E-state index contributed by atoms with van der Waals surface area (Å²) in [5.41, 5.74) is 4.68. The van der Waals surface area contributed by atoms with E-state index in [0.717, 1.165) is 12.0 Å². The minimum Gasteiger partial charge on any atom is -0.192 e. The van der Waals surface area contributed by atoms with Crippen LogP contribution < -0.4 is 0 Å². The third-order valence-corrected chi connectivity index (χ3v) is 5.11. The molecular formula is C24H29N. The molecule has 0 atom stereocenters. The van der Waals surface area contributed by atoms with Crippen molar-refractivity contribution in [2.45, 2.75) is 57.8 Å². The summed E-state index contributed by atoms with van der Waals surface area (Å²) in [6, 6.07) is 19.0. The first-order valence-corrected chi connectivity index (χ1v) is 9.41. The molecule has 0 aliphatic carbocycles. The van der Waals surface area contributed by atoms with Gasteiger partial charge < -0.3 is 0 Å². The molecule has 2 aromatic rings. The number of hydrogen-bond donors (Lipinski definition) is 0. The lowest BCUT2D eigenvalue weighted by molar-refractivity contribution is 0.333. The van der Waals surface area contributed by atoms with Crippen molar-refractivity contribution < 1.29 is 0 Å². The molecular weight excluding hydrogens is 302 g/mol. The van der Waals surface area contributed by atoms with Crippen molar-refractivity contribution >= 4 is 0 Å². The molecule has 0 aliphatic heterocycles. The lowest BCUT2D eigenvalue weighted by Gasteiger charge is -2.34. The minimum absolute atomic E-state index is 0.255. The van der Waals surface area contributed by atoms with Crippen molar-refractivity contribution in [1.29, 1.82) is 5.26 Å². The van der Waals surface area contributed by atoms with E-state index in [9.17, 15) is 0 Å². The predicted octanol–water partition coefficient (Wildman–Crippen LogP) is 7.03. The monoisotopic (exact) mass is 331 g/mol. The molecule has 0 spiro atoms. The molecule has 1 nitrogen and oxygen atoms in total. The molecule has 0 aliphatic rings. The molecule has 0 N–H and O–H groups in total. The van der Waals surface area contributed by atoms with E-state index in [0.29, 0.717) is 5.56 Å². The molecule has 2 rings (SSSR count). The SMILES string of the molecule is C=CCCC(CCC)(CCC)c1ccc(-c2cccc(C#N)c2)cc1. The first-order valence-electron chi connectivity index (χ1n) is 9.41. The highest BCUT2D eigenvalue weighted by molar-refractivity contribution is 5.65. The fraction of sp³-hybridized carbons (Fsp3) is 0.375. The second kappa shape index (κ2) is 9.23. The average Bonchev–Trinajstić information content (AvgIpc) is 2.66. The fourth-order valence-corrected chi connectivity index (χ4v) is 3.93. The lowest BCUT2D eigenvalue weighted by atomic mass is 9.70. The third-order valence-electron chi connectivity index (χ3n) is 5.11. The summed E-state index contributed by atoms with van der Waals surface area (Å²) in [6.45, 7) is 8.48. The molecule has 2 aromatic carbocycles. The van der Waals surface area contributed by atoms with E-state index >= 15 is 0 Å². The molecule has 0 fully saturated rings. The Bertz CT molecular complexity index is 713. The van der Waals surface area contributed by atoms with Crippen LogP contribution in [0, 0.1) is 11.3 Å². The quantitative estimate of drug-likeness (QED) is 0.452. The van der Waals surface area contributed by atoms with Crippen LogP contribution in [-0.4, -0.2) is 0 Å². The first kappa shape index (κ1) is 19.0. The van der Waals surface area contributed by atoms with Gasteiger partial charge in [0.1, 0.15) is 0 Å². The highest BCUT2D eigenvalue weighted by Gasteiger charge is 2.29. The van der Waals surface area contributed by atoms with Crippen LogP contribution >= 0.6 is 0 Å². The molecule has 0 aromatic heterocycles. The molecule has 0 saturated heterocycles. The molecule has 0 amide bonds. The zero-order chi connectivity index (χ0) is 18.1. The van der Waals surface area contributed by atoms with Gasteiger partial charge in [0.15, 0.2) is 0 Å². The number of hydrogen-bond acceptors (Lipinski definition) is 1. The van der Waals surface area contributed by atoms with E-state index in [1.165, 1.54) is 43.2 Å². The van der Waals surface area contributed by atoms with Crippen LogP contribution in [0.2, 0.25) is 0 Å². The third kappa shape index (κ3) is 4.60. The van der Waals surface area contributed by atoms with Gasteiger partial charge in [0.2, 0.25) is 0 Å². The van der Waals surface area contributed by atoms with E-state index in [2.05, 4.69) is 56.8 Å². The van der Waals surface area contributed by atoms with E-state index < -0.39 is 0 Å². The van der Waals surface area contributed by atoms with Crippen molar-refractivity contribution in [3.63, 3.8) is 0 Å². The van der Waals surface area contributed by atoms with Crippen molar-refractivity contribution in [1.82, 2.24) is 0 Å². The minimum atomic E-state index is 0.255. The van der Waals surface area contributed by atoms with Gasteiger partial charge in [-0.3, -0.25) is 0 Å². The Kier molecular flexibility index (Phi) is 7.02. The Labute approximate surface area is 153 Å². The predicted molar refractivity (Wildman–Crippen MR) is 108 cm³/mol. The molecule has 0 radical (unpaired) electrons. The van der Waals surface area contributed by atoms with Crippen molar-refractivity contribution in [2.75, 3.05) is 0 Å². The zero-order valence-corrected chi connectivity index (χ0v) is 15.6. The summed E-state index contributed by atoms with van der Waals surface area (Å²) in [5.74, 6) is 0. The van der Waals surface area contributed by atoms with Gasteiger partial charge in [0, 0.05) is 0 Å². The summed E-state index contributed by atoms with van der Waals surface area (Å²) in [5, 5.41) is 9.10. The Hall–Kier alpha value is -2.33. The van der Waals surface area contributed by atoms with Crippen molar-refractivity contribution in [3.8, 4) is 17.2 Å². The molecule has 0 bridgehead atoms. The first-order chi connectivity index (χ1) is 12.2. The van der Waals surface area contributed by atoms with Crippen molar-refractivity contribution in [2.24, 2.45) is 0 Å². The van der Waals surface area contributed by atoms with Crippen LogP contribution in [0.3, 0.4) is 0 Å². The molecule has 0 saturated carbocycles. The van der Waals surface area contributed by atoms with Crippen LogP contribution in [0.15, 0.2) is 61.2 Å². The van der Waals surface area contributed by atoms with Gasteiger partial charge in [0.05, 0.1) is 11.6 Å². The van der Waals surface area contributed by atoms with Gasteiger partial charge in [-0.1, -0.05) is 69.2 Å².